The highest BCUT2D eigenvalue weighted by atomic mass is 19.1. The Bertz CT molecular complexity index is 479. The lowest BCUT2D eigenvalue weighted by Gasteiger charge is -2.00. The van der Waals surface area contributed by atoms with Crippen molar-refractivity contribution in [2.45, 2.75) is 6.42 Å². The maximum Gasteiger partial charge on any atom is 0.168 e. The Labute approximate surface area is 92.8 Å². The van der Waals surface area contributed by atoms with Gasteiger partial charge in [0.15, 0.2) is 5.78 Å². The number of pyridine rings is 1. The van der Waals surface area contributed by atoms with E-state index in [1.54, 1.807) is 30.5 Å². The van der Waals surface area contributed by atoms with Gasteiger partial charge in [-0.15, -0.1) is 0 Å². The van der Waals surface area contributed by atoms with Crippen LogP contribution in [0.1, 0.15) is 15.9 Å². The van der Waals surface area contributed by atoms with Crippen LogP contribution >= 0.6 is 0 Å². The number of ketones is 1. The Hall–Kier alpha value is -2.03. The van der Waals surface area contributed by atoms with Crippen molar-refractivity contribution in [3.05, 3.63) is 65.7 Å². The predicted molar refractivity (Wildman–Crippen MR) is 58.7 cm³/mol. The maximum atomic E-state index is 12.7. The average Bonchev–Trinajstić information content (AvgIpc) is 2.33. The molecule has 0 aliphatic heterocycles. The smallest absolute Gasteiger partial charge is 0.168 e. The third-order valence-electron chi connectivity index (χ3n) is 2.26. The summed E-state index contributed by atoms with van der Waals surface area (Å²) in [6, 6.07) is 9.38. The van der Waals surface area contributed by atoms with Gasteiger partial charge in [0.05, 0.1) is 0 Å². The van der Waals surface area contributed by atoms with Crippen molar-refractivity contribution in [1.29, 1.82) is 0 Å². The van der Waals surface area contributed by atoms with E-state index < -0.39 is 0 Å². The third kappa shape index (κ3) is 2.51. The zero-order valence-electron chi connectivity index (χ0n) is 8.56. The van der Waals surface area contributed by atoms with Crippen LogP contribution in [0.2, 0.25) is 0 Å². The van der Waals surface area contributed by atoms with Crippen LogP contribution in [0.15, 0.2) is 48.8 Å². The van der Waals surface area contributed by atoms with E-state index in [0.717, 1.165) is 5.56 Å². The number of benzene rings is 1. The number of rotatable bonds is 3. The van der Waals surface area contributed by atoms with E-state index in [1.165, 1.54) is 18.3 Å². The first-order chi connectivity index (χ1) is 7.75. The minimum Gasteiger partial charge on any atom is -0.294 e. The number of nitrogens with zero attached hydrogens (tertiary/aromatic N) is 1. The predicted octanol–water partition coefficient (Wildman–Crippen LogP) is 2.65. The fourth-order valence-corrected chi connectivity index (χ4v) is 1.42. The second-order valence-corrected chi connectivity index (χ2v) is 3.47. The van der Waals surface area contributed by atoms with Gasteiger partial charge in [-0.25, -0.2) is 4.39 Å². The molecular weight excluding hydrogens is 205 g/mol. The summed E-state index contributed by atoms with van der Waals surface area (Å²) < 4.78 is 12.7. The molecule has 16 heavy (non-hydrogen) atoms. The summed E-state index contributed by atoms with van der Waals surface area (Å²) in [5, 5.41) is 0. The Balaban J connectivity index is 2.11. The molecule has 2 nitrogen and oxygen atoms in total. The van der Waals surface area contributed by atoms with Gasteiger partial charge >= 0.3 is 0 Å². The van der Waals surface area contributed by atoms with Gasteiger partial charge in [0.25, 0.3) is 0 Å². The fraction of sp³-hybridized carbons (Fsp3) is 0.0769. The van der Waals surface area contributed by atoms with E-state index in [0.29, 0.717) is 5.56 Å². The van der Waals surface area contributed by atoms with Crippen LogP contribution in [0.5, 0.6) is 0 Å². The molecule has 2 rings (SSSR count). The van der Waals surface area contributed by atoms with Crippen molar-refractivity contribution in [2.75, 3.05) is 0 Å². The molecule has 1 aromatic carbocycles. The monoisotopic (exact) mass is 215 g/mol. The molecule has 0 bridgehead atoms. The van der Waals surface area contributed by atoms with Crippen molar-refractivity contribution < 1.29 is 9.18 Å². The first-order valence-corrected chi connectivity index (χ1v) is 4.93. The van der Waals surface area contributed by atoms with Crippen LogP contribution in [-0.4, -0.2) is 10.8 Å². The highest BCUT2D eigenvalue weighted by Crippen LogP contribution is 2.07. The molecule has 0 N–H and O–H groups in total. The molecule has 0 saturated carbocycles. The molecule has 0 radical (unpaired) electrons. The second kappa shape index (κ2) is 4.66. The van der Waals surface area contributed by atoms with E-state index >= 15 is 0 Å². The summed E-state index contributed by atoms with van der Waals surface area (Å²) in [6.07, 6.45) is 3.42. The quantitative estimate of drug-likeness (QED) is 0.737. The Kier molecular flexibility index (Phi) is 3.05. The molecule has 0 saturated heterocycles. The summed E-state index contributed by atoms with van der Waals surface area (Å²) in [4.78, 5) is 15.6. The molecule has 0 fully saturated rings. The normalized spacial score (nSPS) is 10.1. The van der Waals surface area contributed by atoms with Crippen LogP contribution in [0.3, 0.4) is 0 Å². The van der Waals surface area contributed by atoms with Gasteiger partial charge in [-0.3, -0.25) is 9.78 Å². The van der Waals surface area contributed by atoms with E-state index in [4.69, 9.17) is 0 Å². The molecule has 80 valence electrons. The Morgan fingerprint density at radius 1 is 1.19 bits per heavy atom. The molecule has 1 heterocycles. The van der Waals surface area contributed by atoms with Crippen LogP contribution < -0.4 is 0 Å². The number of carbonyl (C=O) groups is 1. The standard InChI is InChI=1S/C13H10FNO/c14-12-5-3-10(4-6-12)8-13(16)11-2-1-7-15-9-11/h1-7,9H,8H2. The first kappa shape index (κ1) is 10.5. The van der Waals surface area contributed by atoms with Crippen LogP contribution in [0.25, 0.3) is 0 Å². The second-order valence-electron chi connectivity index (χ2n) is 3.47. The molecule has 0 aliphatic rings. The summed E-state index contributed by atoms with van der Waals surface area (Å²) in [7, 11) is 0. The van der Waals surface area contributed by atoms with Crippen molar-refractivity contribution in [3.63, 3.8) is 0 Å². The number of Topliss-reactive ketones (excluding diaryl/α,β-unsaturated/α-hetero) is 1. The van der Waals surface area contributed by atoms with Gasteiger partial charge in [-0.1, -0.05) is 12.1 Å². The van der Waals surface area contributed by atoms with Crippen LogP contribution in [-0.2, 0) is 6.42 Å². The molecule has 3 heteroatoms. The lowest BCUT2D eigenvalue weighted by molar-refractivity contribution is 0.0992. The van der Waals surface area contributed by atoms with Gasteiger partial charge < -0.3 is 0 Å². The molecule has 2 aromatic rings. The van der Waals surface area contributed by atoms with E-state index in [2.05, 4.69) is 4.98 Å². The molecule has 0 atom stereocenters. The number of hydrogen-bond acceptors (Lipinski definition) is 2. The lowest BCUT2D eigenvalue weighted by Crippen LogP contribution is -2.03. The molecule has 0 amide bonds. The van der Waals surface area contributed by atoms with Gasteiger partial charge in [0.2, 0.25) is 0 Å². The van der Waals surface area contributed by atoms with Gasteiger partial charge in [0, 0.05) is 24.4 Å². The average molecular weight is 215 g/mol. The third-order valence-corrected chi connectivity index (χ3v) is 2.26. The minimum atomic E-state index is -0.294. The van der Waals surface area contributed by atoms with Crippen molar-refractivity contribution in [3.8, 4) is 0 Å². The maximum absolute atomic E-state index is 12.7. The van der Waals surface area contributed by atoms with E-state index in [-0.39, 0.29) is 18.0 Å². The van der Waals surface area contributed by atoms with Gasteiger partial charge in [-0.2, -0.15) is 0 Å². The highest BCUT2D eigenvalue weighted by molar-refractivity contribution is 5.97. The summed E-state index contributed by atoms with van der Waals surface area (Å²) in [6.45, 7) is 0. The Morgan fingerprint density at radius 2 is 1.94 bits per heavy atom. The van der Waals surface area contributed by atoms with Gasteiger partial charge in [0.1, 0.15) is 5.82 Å². The summed E-state index contributed by atoms with van der Waals surface area (Å²) in [5.74, 6) is -0.308. The number of hydrogen-bond donors (Lipinski definition) is 0. The largest absolute Gasteiger partial charge is 0.294 e. The first-order valence-electron chi connectivity index (χ1n) is 4.93. The topological polar surface area (TPSA) is 30.0 Å². The van der Waals surface area contributed by atoms with E-state index in [1.807, 2.05) is 0 Å². The number of halogens is 1. The fourth-order valence-electron chi connectivity index (χ4n) is 1.42. The highest BCUT2D eigenvalue weighted by Gasteiger charge is 2.06. The lowest BCUT2D eigenvalue weighted by atomic mass is 10.0. The van der Waals surface area contributed by atoms with Crippen LogP contribution in [0, 0.1) is 5.82 Å². The SMILES string of the molecule is O=C(Cc1ccc(F)cc1)c1cccnc1. The van der Waals surface area contributed by atoms with Crippen molar-refractivity contribution >= 4 is 5.78 Å². The van der Waals surface area contributed by atoms with E-state index in [9.17, 15) is 9.18 Å². The summed E-state index contributed by atoms with van der Waals surface area (Å²) >= 11 is 0. The number of carbonyl (C=O) groups excluding carboxylic acids is 1. The molecule has 0 aliphatic carbocycles. The summed E-state index contributed by atoms with van der Waals surface area (Å²) in [5.41, 5.74) is 1.38. The molecule has 1 aromatic heterocycles. The zero-order chi connectivity index (χ0) is 11.4. The number of aromatic nitrogens is 1. The minimum absolute atomic E-state index is 0.0142. The van der Waals surface area contributed by atoms with Crippen molar-refractivity contribution in [1.82, 2.24) is 4.98 Å². The van der Waals surface area contributed by atoms with Crippen LogP contribution in [0.4, 0.5) is 4.39 Å². The van der Waals surface area contributed by atoms with Gasteiger partial charge in [-0.05, 0) is 29.8 Å². The zero-order valence-corrected chi connectivity index (χ0v) is 8.56. The molecule has 0 unspecified atom stereocenters. The molecule has 0 spiro atoms. The molecular formula is C13H10FNO. The Morgan fingerprint density at radius 3 is 2.56 bits per heavy atom. The van der Waals surface area contributed by atoms with Crippen molar-refractivity contribution in [2.24, 2.45) is 0 Å².